The number of pyridine rings is 2. The fraction of sp³-hybridized carbons (Fsp3) is 0.312. The standard InChI is InChI=1S/C32H34N2O2S/c1-5-25-13-17-29(18-14-25)35-21-23-37-24-22-36-30-19-15-26(16-20-30)6-2-8-28-10-4-12-32(34-28)31-11-3-9-27(7-1)33-31/h3-4,9-20H,1-2,5-8,21-24H2. The summed E-state index contributed by atoms with van der Waals surface area (Å²) in [5, 5.41) is 0. The first-order chi connectivity index (χ1) is 18.3. The van der Waals surface area contributed by atoms with Crippen molar-refractivity contribution in [2.75, 3.05) is 24.7 Å². The van der Waals surface area contributed by atoms with Crippen molar-refractivity contribution in [1.82, 2.24) is 9.97 Å². The van der Waals surface area contributed by atoms with E-state index in [1.54, 1.807) is 0 Å². The number of hydrogen-bond donors (Lipinski definition) is 0. The molecule has 190 valence electrons. The lowest BCUT2D eigenvalue weighted by Crippen LogP contribution is -2.05. The number of fused-ring (bicyclic) bond motifs is 2. The molecule has 0 fully saturated rings. The molecule has 0 atom stereocenters. The highest BCUT2D eigenvalue weighted by molar-refractivity contribution is 7.99. The summed E-state index contributed by atoms with van der Waals surface area (Å²) < 4.78 is 11.8. The number of nitrogens with zero attached hydrogens (tertiary/aromatic N) is 2. The lowest BCUT2D eigenvalue weighted by molar-refractivity contribution is 0.339. The summed E-state index contributed by atoms with van der Waals surface area (Å²) in [4.78, 5) is 9.85. The number of thioether (sulfide) groups is 1. The van der Waals surface area contributed by atoms with E-state index in [-0.39, 0.29) is 0 Å². The van der Waals surface area contributed by atoms with E-state index in [4.69, 9.17) is 19.4 Å². The van der Waals surface area contributed by atoms with Crippen LogP contribution in [0.3, 0.4) is 0 Å². The predicted octanol–water partition coefficient (Wildman–Crippen LogP) is 7.00. The summed E-state index contributed by atoms with van der Waals surface area (Å²) in [7, 11) is 0. The minimum absolute atomic E-state index is 0.706. The van der Waals surface area contributed by atoms with Crippen molar-refractivity contribution in [3.8, 4) is 22.9 Å². The first-order valence-corrected chi connectivity index (χ1v) is 14.4. The maximum absolute atomic E-state index is 5.92. The molecule has 4 nitrogen and oxygen atoms in total. The van der Waals surface area contributed by atoms with Gasteiger partial charge in [0.15, 0.2) is 0 Å². The molecule has 3 aliphatic rings. The van der Waals surface area contributed by atoms with E-state index in [1.165, 1.54) is 11.1 Å². The van der Waals surface area contributed by atoms with Gasteiger partial charge in [-0.1, -0.05) is 36.4 Å². The highest BCUT2D eigenvalue weighted by Crippen LogP contribution is 2.19. The second kappa shape index (κ2) is 13.3. The highest BCUT2D eigenvalue weighted by atomic mass is 32.2. The van der Waals surface area contributed by atoms with Gasteiger partial charge in [-0.25, -0.2) is 0 Å². The van der Waals surface area contributed by atoms with Gasteiger partial charge in [-0.2, -0.15) is 11.8 Å². The van der Waals surface area contributed by atoms with Gasteiger partial charge in [0.25, 0.3) is 0 Å². The van der Waals surface area contributed by atoms with Gasteiger partial charge in [-0.3, -0.25) is 9.97 Å². The van der Waals surface area contributed by atoms with E-state index in [0.29, 0.717) is 13.2 Å². The number of aromatic nitrogens is 2. The molecule has 0 radical (unpaired) electrons. The molecule has 2 aromatic carbocycles. The lowest BCUT2D eigenvalue weighted by Gasteiger charge is -2.09. The third-order valence-electron chi connectivity index (χ3n) is 6.51. The minimum atomic E-state index is 0.706. The maximum Gasteiger partial charge on any atom is 0.119 e. The molecule has 0 aliphatic carbocycles. The van der Waals surface area contributed by atoms with Crippen LogP contribution in [-0.4, -0.2) is 34.7 Å². The molecular formula is C32H34N2O2S. The second-order valence-corrected chi connectivity index (χ2v) is 10.6. The third-order valence-corrected chi connectivity index (χ3v) is 7.42. The minimum Gasteiger partial charge on any atom is -0.493 e. The van der Waals surface area contributed by atoms with E-state index in [1.807, 2.05) is 11.8 Å². The topological polar surface area (TPSA) is 44.2 Å². The van der Waals surface area contributed by atoms with Gasteiger partial charge in [0.2, 0.25) is 0 Å². The lowest BCUT2D eigenvalue weighted by atomic mass is 10.1. The molecule has 0 N–H and O–H groups in total. The fourth-order valence-electron chi connectivity index (χ4n) is 4.51. The number of benzene rings is 2. The van der Waals surface area contributed by atoms with Crippen LogP contribution in [0.2, 0.25) is 0 Å². The molecule has 37 heavy (non-hydrogen) atoms. The van der Waals surface area contributed by atoms with Crippen molar-refractivity contribution in [2.45, 2.75) is 38.5 Å². The van der Waals surface area contributed by atoms with Crippen molar-refractivity contribution < 1.29 is 9.47 Å². The SMILES string of the molecule is c1cc2nc(c1)-c1cccc(n1)CCCc1ccc(cc1)OCCSCCOc1ccc(cc1)CCC2. The Morgan fingerprint density at radius 3 is 1.43 bits per heavy atom. The van der Waals surface area contributed by atoms with Crippen LogP contribution in [0.25, 0.3) is 11.4 Å². The molecule has 7 rings (SSSR count). The van der Waals surface area contributed by atoms with Crippen LogP contribution in [0, 0.1) is 0 Å². The van der Waals surface area contributed by atoms with Gasteiger partial charge in [-0.05, 0) is 98.2 Å². The molecule has 5 heteroatoms. The molecule has 4 aromatic rings. The van der Waals surface area contributed by atoms with Crippen molar-refractivity contribution in [3.63, 3.8) is 0 Å². The Bertz CT molecular complexity index is 1160. The van der Waals surface area contributed by atoms with Crippen molar-refractivity contribution in [2.24, 2.45) is 0 Å². The third kappa shape index (κ3) is 7.83. The molecule has 5 heterocycles. The Balaban J connectivity index is 1.28. The Morgan fingerprint density at radius 2 is 0.973 bits per heavy atom. The normalized spacial score (nSPS) is 15.4. The quantitative estimate of drug-likeness (QED) is 0.255. The number of aryl methyl sites for hydroxylation is 4. The van der Waals surface area contributed by atoms with Crippen molar-refractivity contribution >= 4 is 11.8 Å². The maximum atomic E-state index is 5.92. The van der Waals surface area contributed by atoms with Gasteiger partial charge in [0, 0.05) is 22.9 Å². The molecule has 8 bridgehead atoms. The fourth-order valence-corrected chi connectivity index (χ4v) is 5.12. The molecular weight excluding hydrogens is 476 g/mol. The molecule has 2 aromatic heterocycles. The number of rotatable bonds is 0. The molecule has 0 saturated heterocycles. The largest absolute Gasteiger partial charge is 0.493 e. The zero-order valence-corrected chi connectivity index (χ0v) is 22.1. The molecule has 0 amide bonds. The first-order valence-electron chi connectivity index (χ1n) is 13.3. The zero-order valence-electron chi connectivity index (χ0n) is 21.3. The highest BCUT2D eigenvalue weighted by Gasteiger charge is 2.06. The summed E-state index contributed by atoms with van der Waals surface area (Å²) in [6, 6.07) is 29.6. The summed E-state index contributed by atoms with van der Waals surface area (Å²) in [5.74, 6) is 3.77. The van der Waals surface area contributed by atoms with Gasteiger partial charge in [0.05, 0.1) is 24.6 Å². The van der Waals surface area contributed by atoms with E-state index >= 15 is 0 Å². The average molecular weight is 511 g/mol. The van der Waals surface area contributed by atoms with Gasteiger partial charge in [-0.15, -0.1) is 0 Å². The second-order valence-electron chi connectivity index (χ2n) is 9.33. The van der Waals surface area contributed by atoms with E-state index < -0.39 is 0 Å². The van der Waals surface area contributed by atoms with Crippen LogP contribution in [0.4, 0.5) is 0 Å². The van der Waals surface area contributed by atoms with Crippen LogP contribution >= 0.6 is 11.8 Å². The van der Waals surface area contributed by atoms with Gasteiger partial charge < -0.3 is 9.47 Å². The smallest absolute Gasteiger partial charge is 0.119 e. The predicted molar refractivity (Wildman–Crippen MR) is 153 cm³/mol. The zero-order chi connectivity index (χ0) is 25.1. The van der Waals surface area contributed by atoms with E-state index in [2.05, 4.69) is 84.9 Å². The molecule has 3 aliphatic heterocycles. The molecule has 0 saturated carbocycles. The Morgan fingerprint density at radius 1 is 0.514 bits per heavy atom. The van der Waals surface area contributed by atoms with Gasteiger partial charge in [0.1, 0.15) is 11.5 Å². The van der Waals surface area contributed by atoms with Gasteiger partial charge >= 0.3 is 0 Å². The van der Waals surface area contributed by atoms with Crippen LogP contribution in [0.5, 0.6) is 11.5 Å². The molecule has 0 unspecified atom stereocenters. The van der Waals surface area contributed by atoms with E-state index in [9.17, 15) is 0 Å². The van der Waals surface area contributed by atoms with Crippen LogP contribution in [0.15, 0.2) is 84.9 Å². The Hall–Kier alpha value is -3.31. The molecule has 0 spiro atoms. The van der Waals surface area contributed by atoms with Crippen LogP contribution in [-0.2, 0) is 25.7 Å². The van der Waals surface area contributed by atoms with E-state index in [0.717, 1.165) is 84.3 Å². The van der Waals surface area contributed by atoms with Crippen molar-refractivity contribution in [3.05, 3.63) is 107 Å². The summed E-state index contributed by atoms with van der Waals surface area (Å²) >= 11 is 1.86. The van der Waals surface area contributed by atoms with Crippen LogP contribution < -0.4 is 9.47 Å². The number of ether oxygens (including phenoxy) is 2. The average Bonchev–Trinajstić information content (AvgIpc) is 2.94. The summed E-state index contributed by atoms with van der Waals surface area (Å²) in [6.45, 7) is 1.41. The van der Waals surface area contributed by atoms with Crippen LogP contribution in [0.1, 0.15) is 35.4 Å². The Kier molecular flexibility index (Phi) is 9.11. The monoisotopic (exact) mass is 510 g/mol. The van der Waals surface area contributed by atoms with Crippen molar-refractivity contribution in [1.29, 1.82) is 0 Å². The summed E-state index contributed by atoms with van der Waals surface area (Å²) in [5.41, 5.74) is 6.79. The Labute approximate surface area is 224 Å². The number of hydrogen-bond acceptors (Lipinski definition) is 5. The first kappa shape index (κ1) is 25.3. The summed E-state index contributed by atoms with van der Waals surface area (Å²) in [6.07, 6.45) is 6.07.